The molecule has 2 N–H and O–H groups in total. The lowest BCUT2D eigenvalue weighted by Gasteiger charge is -2.20. The third-order valence-electron chi connectivity index (χ3n) is 3.02. The van der Waals surface area contributed by atoms with E-state index in [4.69, 9.17) is 5.73 Å². The van der Waals surface area contributed by atoms with Gasteiger partial charge in [0, 0.05) is 0 Å². The molecule has 0 saturated heterocycles. The molecule has 0 amide bonds. The van der Waals surface area contributed by atoms with Crippen LogP contribution in [0, 0.1) is 6.92 Å². The molecule has 1 aromatic rings. The van der Waals surface area contributed by atoms with E-state index in [2.05, 4.69) is 58.0 Å². The van der Waals surface area contributed by atoms with Gasteiger partial charge in [-0.2, -0.15) is 0 Å². The van der Waals surface area contributed by atoms with Gasteiger partial charge in [0.2, 0.25) is 0 Å². The fourth-order valence-corrected chi connectivity index (χ4v) is 1.73. The average molecular weight is 231 g/mol. The maximum absolute atomic E-state index is 5.49. The van der Waals surface area contributed by atoms with Gasteiger partial charge in [0.05, 0.1) is 0 Å². The van der Waals surface area contributed by atoms with E-state index in [1.165, 1.54) is 16.7 Å². The van der Waals surface area contributed by atoms with E-state index in [1.54, 1.807) is 0 Å². The lowest BCUT2D eigenvalue weighted by Crippen LogP contribution is -2.11. The minimum Gasteiger partial charge on any atom is -0.330 e. The normalized spacial score (nSPS) is 12.3. The molecule has 0 bridgehead atoms. The fourth-order valence-electron chi connectivity index (χ4n) is 1.73. The minimum atomic E-state index is 0.216. The van der Waals surface area contributed by atoms with Crippen LogP contribution in [0.15, 0.2) is 24.3 Å². The Morgan fingerprint density at radius 3 is 2.53 bits per heavy atom. The van der Waals surface area contributed by atoms with Crippen LogP contribution in [0.3, 0.4) is 0 Å². The third kappa shape index (κ3) is 4.35. The maximum Gasteiger partial charge on any atom is -0.00743 e. The van der Waals surface area contributed by atoms with Gasteiger partial charge in [-0.05, 0) is 48.4 Å². The van der Waals surface area contributed by atoms with Gasteiger partial charge in [-0.15, -0.1) is 0 Å². The second-order valence-corrected chi connectivity index (χ2v) is 5.65. The summed E-state index contributed by atoms with van der Waals surface area (Å²) in [6.07, 6.45) is 6.58. The Kier molecular flexibility index (Phi) is 4.95. The molecule has 0 unspecified atom stereocenters. The number of unbranched alkanes of at least 4 members (excludes halogenated alkanes) is 1. The zero-order chi connectivity index (χ0) is 12.9. The lowest BCUT2D eigenvalue weighted by atomic mass is 9.85. The van der Waals surface area contributed by atoms with Gasteiger partial charge in [0.1, 0.15) is 0 Å². The topological polar surface area (TPSA) is 26.0 Å². The van der Waals surface area contributed by atoms with Crippen LogP contribution in [0.4, 0.5) is 0 Å². The molecular weight excluding hydrogens is 206 g/mol. The van der Waals surface area contributed by atoms with Crippen molar-refractivity contribution in [1.82, 2.24) is 0 Å². The van der Waals surface area contributed by atoms with Crippen LogP contribution >= 0.6 is 0 Å². The summed E-state index contributed by atoms with van der Waals surface area (Å²) in [7, 11) is 0. The molecule has 17 heavy (non-hydrogen) atoms. The molecule has 0 radical (unpaired) electrons. The Balaban J connectivity index is 2.87. The smallest absolute Gasteiger partial charge is 0.00743 e. The van der Waals surface area contributed by atoms with E-state index < -0.39 is 0 Å². The quantitative estimate of drug-likeness (QED) is 0.777. The van der Waals surface area contributed by atoms with E-state index in [-0.39, 0.29) is 5.41 Å². The van der Waals surface area contributed by atoms with Crippen molar-refractivity contribution >= 4 is 6.08 Å². The monoisotopic (exact) mass is 231 g/mol. The van der Waals surface area contributed by atoms with Crippen molar-refractivity contribution in [2.45, 2.75) is 46.0 Å². The number of nitrogens with two attached hydrogens (primary N) is 1. The summed E-state index contributed by atoms with van der Waals surface area (Å²) < 4.78 is 0. The molecule has 0 aromatic heterocycles. The van der Waals surface area contributed by atoms with Crippen molar-refractivity contribution in [1.29, 1.82) is 0 Å². The highest BCUT2D eigenvalue weighted by Crippen LogP contribution is 2.25. The summed E-state index contributed by atoms with van der Waals surface area (Å²) in [5, 5.41) is 0. The Labute approximate surface area is 106 Å². The first kappa shape index (κ1) is 14.0. The summed E-state index contributed by atoms with van der Waals surface area (Å²) in [5.41, 5.74) is 9.75. The molecule has 94 valence electrons. The molecular formula is C16H25N. The number of hydrogen-bond donors (Lipinski definition) is 1. The molecule has 1 rings (SSSR count). The minimum absolute atomic E-state index is 0.216. The van der Waals surface area contributed by atoms with E-state index in [0.717, 1.165) is 19.4 Å². The maximum atomic E-state index is 5.49. The predicted octanol–water partition coefficient (Wildman–Crippen LogP) is 4.04. The standard InChI is InChI=1S/C16H25N/c1-13-9-10-15(16(2,3)4)12-14(13)8-6-5-7-11-17/h6,8-10,12H,5,7,11,17H2,1-4H3/b8-6+. The van der Waals surface area contributed by atoms with Crippen LogP contribution in [0.2, 0.25) is 0 Å². The van der Waals surface area contributed by atoms with E-state index >= 15 is 0 Å². The molecule has 0 spiro atoms. The largest absolute Gasteiger partial charge is 0.330 e. The van der Waals surface area contributed by atoms with Crippen LogP contribution < -0.4 is 5.73 Å². The van der Waals surface area contributed by atoms with Crippen LogP contribution in [-0.4, -0.2) is 6.54 Å². The highest BCUT2D eigenvalue weighted by Gasteiger charge is 2.13. The molecule has 0 saturated carbocycles. The van der Waals surface area contributed by atoms with E-state index in [9.17, 15) is 0 Å². The molecule has 0 aliphatic carbocycles. The number of aryl methyl sites for hydroxylation is 1. The number of allylic oxidation sites excluding steroid dienone is 1. The van der Waals surface area contributed by atoms with Crippen LogP contribution in [0.25, 0.3) is 6.08 Å². The Bertz CT molecular complexity index is 383. The second kappa shape index (κ2) is 6.02. The molecule has 1 aromatic carbocycles. The van der Waals surface area contributed by atoms with Gasteiger partial charge in [0.15, 0.2) is 0 Å². The molecule has 0 aliphatic rings. The van der Waals surface area contributed by atoms with Crippen molar-refractivity contribution in [3.05, 3.63) is 41.0 Å². The second-order valence-electron chi connectivity index (χ2n) is 5.65. The van der Waals surface area contributed by atoms with Crippen molar-refractivity contribution in [3.8, 4) is 0 Å². The summed E-state index contributed by atoms with van der Waals surface area (Å²) in [4.78, 5) is 0. The van der Waals surface area contributed by atoms with Gasteiger partial charge >= 0.3 is 0 Å². The summed E-state index contributed by atoms with van der Waals surface area (Å²) >= 11 is 0. The summed E-state index contributed by atoms with van der Waals surface area (Å²) in [6, 6.07) is 6.74. The first-order valence-electron chi connectivity index (χ1n) is 6.43. The number of benzene rings is 1. The average Bonchev–Trinajstić information content (AvgIpc) is 2.25. The lowest BCUT2D eigenvalue weighted by molar-refractivity contribution is 0.590. The van der Waals surface area contributed by atoms with Crippen molar-refractivity contribution in [2.75, 3.05) is 6.54 Å². The Morgan fingerprint density at radius 1 is 1.24 bits per heavy atom. The number of rotatable bonds is 4. The van der Waals surface area contributed by atoms with E-state index in [1.807, 2.05) is 0 Å². The highest BCUT2D eigenvalue weighted by molar-refractivity contribution is 5.55. The fraction of sp³-hybridized carbons (Fsp3) is 0.500. The van der Waals surface area contributed by atoms with Gasteiger partial charge in [0.25, 0.3) is 0 Å². The van der Waals surface area contributed by atoms with Crippen LogP contribution in [0.5, 0.6) is 0 Å². The Hall–Kier alpha value is -1.08. The number of hydrogen-bond acceptors (Lipinski definition) is 1. The van der Waals surface area contributed by atoms with Gasteiger partial charge in [-0.3, -0.25) is 0 Å². The third-order valence-corrected chi connectivity index (χ3v) is 3.02. The van der Waals surface area contributed by atoms with E-state index in [0.29, 0.717) is 0 Å². The zero-order valence-electron chi connectivity index (χ0n) is 11.6. The van der Waals surface area contributed by atoms with Gasteiger partial charge in [-0.25, -0.2) is 0 Å². The van der Waals surface area contributed by atoms with Crippen molar-refractivity contribution < 1.29 is 0 Å². The molecule has 1 heteroatoms. The SMILES string of the molecule is Cc1ccc(C(C)(C)C)cc1/C=C/CCCN. The molecule has 0 heterocycles. The Morgan fingerprint density at radius 2 is 1.94 bits per heavy atom. The summed E-state index contributed by atoms with van der Waals surface area (Å²) in [6.45, 7) is 9.68. The van der Waals surface area contributed by atoms with Crippen LogP contribution in [-0.2, 0) is 5.41 Å². The van der Waals surface area contributed by atoms with Gasteiger partial charge in [-0.1, -0.05) is 51.1 Å². The molecule has 1 nitrogen and oxygen atoms in total. The molecule has 0 aliphatic heterocycles. The first-order chi connectivity index (χ1) is 7.95. The highest BCUT2D eigenvalue weighted by atomic mass is 14.5. The molecule has 0 fully saturated rings. The van der Waals surface area contributed by atoms with Gasteiger partial charge < -0.3 is 5.73 Å². The van der Waals surface area contributed by atoms with Crippen molar-refractivity contribution in [2.24, 2.45) is 5.73 Å². The first-order valence-corrected chi connectivity index (χ1v) is 6.43. The van der Waals surface area contributed by atoms with Crippen molar-refractivity contribution in [3.63, 3.8) is 0 Å². The summed E-state index contributed by atoms with van der Waals surface area (Å²) in [5.74, 6) is 0. The van der Waals surface area contributed by atoms with Crippen LogP contribution in [0.1, 0.15) is 50.3 Å². The molecule has 0 atom stereocenters. The zero-order valence-corrected chi connectivity index (χ0v) is 11.6. The predicted molar refractivity (Wildman–Crippen MR) is 77.2 cm³/mol.